The minimum absolute atomic E-state index is 0.106. The number of nitrogens with zero attached hydrogens (tertiary/aromatic N) is 4. The van der Waals surface area contributed by atoms with Crippen LogP contribution in [0, 0.1) is 0 Å². The second-order valence-corrected chi connectivity index (χ2v) is 17.8. The van der Waals surface area contributed by atoms with Crippen molar-refractivity contribution in [1.82, 2.24) is 9.80 Å². The van der Waals surface area contributed by atoms with E-state index >= 15 is 0 Å². The highest BCUT2D eigenvalue weighted by molar-refractivity contribution is 9.10. The van der Waals surface area contributed by atoms with Crippen molar-refractivity contribution >= 4 is 77.4 Å². The highest BCUT2D eigenvalue weighted by atomic mass is 79.9. The summed E-state index contributed by atoms with van der Waals surface area (Å²) in [5.74, 6) is 0.215. The monoisotopic (exact) mass is 932 g/mol. The molecule has 4 aromatic carbocycles. The van der Waals surface area contributed by atoms with E-state index < -0.39 is 0 Å². The van der Waals surface area contributed by atoms with E-state index in [4.69, 9.17) is 9.68 Å². The van der Waals surface area contributed by atoms with Gasteiger partial charge in [0.05, 0.1) is 22.5 Å². The number of nitrogens with one attached hydrogen (secondary N) is 2. The van der Waals surface area contributed by atoms with Gasteiger partial charge in [0.2, 0.25) is 0 Å². The summed E-state index contributed by atoms with van der Waals surface area (Å²) in [6.07, 6.45) is 6.44. The van der Waals surface area contributed by atoms with Crippen LogP contribution < -0.4 is 10.6 Å². The zero-order chi connectivity index (χ0) is 41.8. The number of benzene rings is 4. The summed E-state index contributed by atoms with van der Waals surface area (Å²) >= 11 is 7.07. The van der Waals surface area contributed by atoms with Crippen molar-refractivity contribution < 1.29 is 19.3 Å². The lowest BCUT2D eigenvalue weighted by atomic mass is 10.0. The molecule has 0 spiro atoms. The molecule has 0 aromatic heterocycles. The maximum Gasteiger partial charge on any atom is 0.170 e. The normalized spacial score (nSPS) is 20.8. The Morgan fingerprint density at radius 1 is 0.683 bits per heavy atom. The van der Waals surface area contributed by atoms with Gasteiger partial charge in [0, 0.05) is 56.9 Å². The Morgan fingerprint density at radius 2 is 1.18 bits per heavy atom. The lowest BCUT2D eigenvalue weighted by molar-refractivity contribution is -0.113. The summed E-state index contributed by atoms with van der Waals surface area (Å²) in [5.41, 5.74) is 12.1. The quantitative estimate of drug-likeness (QED) is 0.0921. The first-order chi connectivity index (χ1) is 29.2. The average molecular weight is 935 g/mol. The number of halogens is 2. The number of oxime groups is 2. The Labute approximate surface area is 369 Å². The number of para-hydroxylation sites is 2. The summed E-state index contributed by atoms with van der Waals surface area (Å²) in [6, 6.07) is 28.6. The minimum Gasteiger partial charge on any atom is -0.395 e. The number of fused-ring (bicyclic) bond motifs is 4. The van der Waals surface area contributed by atoms with Crippen LogP contribution >= 0.6 is 31.9 Å². The van der Waals surface area contributed by atoms with Crippen LogP contribution in [-0.2, 0) is 32.1 Å². The van der Waals surface area contributed by atoms with E-state index in [1.54, 1.807) is 0 Å². The fourth-order valence-corrected chi connectivity index (χ4v) is 9.24. The number of Topliss-reactive ketones (excluding diaryl/α,β-unsaturated/α-hetero) is 2. The number of hydrogen-bond acceptors (Lipinski definition) is 10. The van der Waals surface area contributed by atoms with Gasteiger partial charge >= 0.3 is 0 Å². The van der Waals surface area contributed by atoms with E-state index in [9.17, 15) is 9.59 Å². The predicted octanol–water partition coefficient (Wildman–Crippen LogP) is 9.48. The molecule has 3 aliphatic heterocycles. The molecule has 1 saturated heterocycles. The molecule has 10 nitrogen and oxygen atoms in total. The number of hydrogen-bond donors (Lipinski definition) is 2. The fourth-order valence-electron chi connectivity index (χ4n) is 8.51. The van der Waals surface area contributed by atoms with Gasteiger partial charge in [0.1, 0.15) is 24.6 Å². The van der Waals surface area contributed by atoms with Crippen molar-refractivity contribution in [3.63, 3.8) is 0 Å². The smallest absolute Gasteiger partial charge is 0.170 e. The van der Waals surface area contributed by atoms with Crippen molar-refractivity contribution in [1.29, 1.82) is 0 Å². The van der Waals surface area contributed by atoms with E-state index in [0.717, 1.165) is 104 Å². The molecule has 0 bridgehead atoms. The summed E-state index contributed by atoms with van der Waals surface area (Å²) in [4.78, 5) is 42.0. The molecular formula is C48H50Br2N6O4. The summed E-state index contributed by atoms with van der Waals surface area (Å²) in [7, 11) is 4.32. The number of likely N-dealkylation sites (tertiary alicyclic amines) is 1. The largest absolute Gasteiger partial charge is 0.395 e. The van der Waals surface area contributed by atoms with E-state index in [1.807, 2.05) is 84.9 Å². The first-order valence-corrected chi connectivity index (χ1v) is 22.4. The molecule has 60 heavy (non-hydrogen) atoms. The third kappa shape index (κ3) is 8.93. The van der Waals surface area contributed by atoms with Crippen molar-refractivity contribution in [2.24, 2.45) is 10.3 Å². The SMILES string of the molecule is CCCCCO/N=C1/C(=C2/C(=O)Cc3ccc(Br)cc32)Nc2ccccc21.CN(C)C1CCN(CCO/N=C2/C(=C3/C(=O)Cc4ccc(Br)cc43)Nc3ccccc32)CC1. The fraction of sp³-hybridized carbons (Fsp3) is 0.333. The molecule has 1 fully saturated rings. The second kappa shape index (κ2) is 18.8. The number of allylic oxidation sites excluding steroid dienone is 4. The van der Waals surface area contributed by atoms with Gasteiger partial charge in [-0.1, -0.05) is 110 Å². The first kappa shape index (κ1) is 41.8. The van der Waals surface area contributed by atoms with Gasteiger partial charge in [-0.3, -0.25) is 14.5 Å². The number of carbonyl (C=O) groups is 2. The summed E-state index contributed by atoms with van der Waals surface area (Å²) in [5, 5.41) is 15.8. The molecule has 0 radical (unpaired) electrons. The third-order valence-electron chi connectivity index (χ3n) is 11.7. The highest BCUT2D eigenvalue weighted by Crippen LogP contribution is 2.41. The number of rotatable bonds is 10. The zero-order valence-corrected chi connectivity index (χ0v) is 37.5. The Balaban J connectivity index is 0.000000170. The molecule has 5 aliphatic rings. The van der Waals surface area contributed by atoms with Crippen molar-refractivity contribution in [3.8, 4) is 0 Å². The maximum atomic E-state index is 13.0. The predicted molar refractivity (Wildman–Crippen MR) is 247 cm³/mol. The van der Waals surface area contributed by atoms with Gasteiger partial charge < -0.3 is 25.2 Å². The van der Waals surface area contributed by atoms with Gasteiger partial charge in [-0.2, -0.15) is 0 Å². The van der Waals surface area contributed by atoms with Gasteiger partial charge in [0.25, 0.3) is 0 Å². The zero-order valence-electron chi connectivity index (χ0n) is 34.3. The number of carbonyl (C=O) groups excluding carboxylic acids is 2. The van der Waals surface area contributed by atoms with E-state index in [1.165, 1.54) is 12.8 Å². The van der Waals surface area contributed by atoms with E-state index in [0.29, 0.717) is 54.7 Å². The Kier molecular flexibility index (Phi) is 13.1. The lowest BCUT2D eigenvalue weighted by Gasteiger charge is -2.34. The van der Waals surface area contributed by atoms with Gasteiger partial charge in [-0.05, 0) is 105 Å². The molecule has 2 aliphatic carbocycles. The first-order valence-electron chi connectivity index (χ1n) is 20.8. The summed E-state index contributed by atoms with van der Waals surface area (Å²) < 4.78 is 1.91. The molecule has 0 amide bonds. The molecule has 0 saturated carbocycles. The number of ketones is 2. The van der Waals surface area contributed by atoms with Crippen LogP contribution in [0.15, 0.2) is 116 Å². The second-order valence-electron chi connectivity index (χ2n) is 15.9. The van der Waals surface area contributed by atoms with Crippen molar-refractivity contribution in [2.45, 2.75) is 57.9 Å². The van der Waals surface area contributed by atoms with Crippen LogP contribution in [0.5, 0.6) is 0 Å². The highest BCUT2D eigenvalue weighted by Gasteiger charge is 2.36. The van der Waals surface area contributed by atoms with Crippen molar-refractivity contribution in [2.75, 3.05) is 57.6 Å². The van der Waals surface area contributed by atoms with Crippen molar-refractivity contribution in [3.05, 3.63) is 139 Å². The Bertz CT molecular complexity index is 2430. The minimum atomic E-state index is 0.106. The van der Waals surface area contributed by atoms with Crippen LogP contribution in [0.3, 0.4) is 0 Å². The topological polar surface area (TPSA) is 108 Å². The molecule has 9 rings (SSSR count). The van der Waals surface area contributed by atoms with Crippen LogP contribution in [0.2, 0.25) is 0 Å². The van der Waals surface area contributed by atoms with Gasteiger partial charge in [-0.15, -0.1) is 0 Å². The van der Waals surface area contributed by atoms with E-state index in [-0.39, 0.29) is 11.6 Å². The number of piperidine rings is 1. The number of anilines is 2. The summed E-state index contributed by atoms with van der Waals surface area (Å²) in [6.45, 7) is 6.29. The average Bonchev–Trinajstić information content (AvgIpc) is 3.98. The van der Waals surface area contributed by atoms with Gasteiger partial charge in [-0.25, -0.2) is 0 Å². The molecule has 4 aromatic rings. The third-order valence-corrected chi connectivity index (χ3v) is 12.7. The van der Waals surface area contributed by atoms with Crippen LogP contribution in [0.25, 0.3) is 11.1 Å². The van der Waals surface area contributed by atoms with Crippen LogP contribution in [0.4, 0.5) is 11.4 Å². The molecule has 2 N–H and O–H groups in total. The Morgan fingerprint density at radius 3 is 1.68 bits per heavy atom. The van der Waals surface area contributed by atoms with Crippen LogP contribution in [0.1, 0.15) is 72.4 Å². The molecule has 0 unspecified atom stereocenters. The maximum absolute atomic E-state index is 13.0. The van der Waals surface area contributed by atoms with E-state index in [2.05, 4.69) is 83.6 Å². The molecule has 12 heteroatoms. The van der Waals surface area contributed by atoms with Gasteiger partial charge in [0.15, 0.2) is 11.6 Å². The molecule has 310 valence electrons. The number of unbranched alkanes of at least 4 members (excludes halogenated alkanes) is 2. The molecule has 3 heterocycles. The molecular weight excluding hydrogens is 884 g/mol. The Hall–Kier alpha value is -4.88. The standard InChI is InChI=1S/C26H29BrN4O2.C22H21BrN2O2/c1-30(2)19-9-11-31(12-10-19)13-14-33-29-25-20-5-3-4-6-22(20)28-26(25)24-21-16-18(27)8-7-17(21)15-23(24)32;1-2-3-6-11-27-25-21-16-7-4-5-8-18(16)24-22(21)20-17-13-15(23)10-9-14(17)12-19(20)26/h3-8,16,19,28H,9-15H2,1-2H3;4-5,7-10,13,24H,2-3,6,11-12H2,1H3/b26-24-,29-25+;22-20-,25-21+. The molecule has 0 atom stereocenters. The lowest BCUT2D eigenvalue weighted by Crippen LogP contribution is -2.42. The van der Waals surface area contributed by atoms with Crippen LogP contribution in [-0.4, -0.2) is 85.8 Å².